The number of aromatic carboxylic acids is 1. The van der Waals surface area contributed by atoms with Crippen molar-refractivity contribution in [1.82, 2.24) is 0 Å². The van der Waals surface area contributed by atoms with Crippen LogP contribution in [0.25, 0.3) is 0 Å². The zero-order valence-electron chi connectivity index (χ0n) is 12.4. The fourth-order valence-electron chi connectivity index (χ4n) is 2.12. The third kappa shape index (κ3) is 3.10. The Balaban J connectivity index is 2.32. The van der Waals surface area contributed by atoms with E-state index in [1.54, 1.807) is 5.38 Å². The van der Waals surface area contributed by atoms with Gasteiger partial charge < -0.3 is 10.4 Å². The minimum atomic E-state index is -1.05. The number of ketones is 1. The first kappa shape index (κ1) is 16.4. The lowest BCUT2D eigenvalue weighted by Crippen LogP contribution is -2.12. The SMILES string of the molecule is CCc1c(C)sc(NC(=O)c2cc(C(C)=O)cs2)c1C(=O)O. The second-order valence-corrected chi connectivity index (χ2v) is 6.85. The van der Waals surface area contributed by atoms with Crippen molar-refractivity contribution in [3.63, 3.8) is 0 Å². The summed E-state index contributed by atoms with van der Waals surface area (Å²) in [5.74, 6) is -1.56. The van der Waals surface area contributed by atoms with Gasteiger partial charge in [-0.15, -0.1) is 22.7 Å². The van der Waals surface area contributed by atoms with Crippen molar-refractivity contribution in [3.8, 4) is 0 Å². The summed E-state index contributed by atoms with van der Waals surface area (Å²) in [6.45, 7) is 5.15. The average Bonchev–Trinajstić information content (AvgIpc) is 3.03. The second-order valence-electron chi connectivity index (χ2n) is 4.71. The number of anilines is 1. The van der Waals surface area contributed by atoms with E-state index in [1.165, 1.54) is 24.3 Å². The van der Waals surface area contributed by atoms with Crippen LogP contribution in [-0.2, 0) is 6.42 Å². The predicted molar refractivity (Wildman–Crippen MR) is 87.7 cm³/mol. The number of aryl methyl sites for hydroxylation is 1. The normalized spacial score (nSPS) is 10.5. The summed E-state index contributed by atoms with van der Waals surface area (Å²) in [6.07, 6.45) is 0.591. The molecule has 0 aliphatic rings. The van der Waals surface area contributed by atoms with Crippen molar-refractivity contribution >= 4 is 45.3 Å². The van der Waals surface area contributed by atoms with Crippen molar-refractivity contribution < 1.29 is 19.5 Å². The van der Waals surface area contributed by atoms with Crippen molar-refractivity contribution in [1.29, 1.82) is 0 Å². The van der Waals surface area contributed by atoms with Gasteiger partial charge in [0.1, 0.15) is 5.00 Å². The van der Waals surface area contributed by atoms with E-state index in [2.05, 4.69) is 5.32 Å². The van der Waals surface area contributed by atoms with Gasteiger partial charge in [0.05, 0.1) is 10.4 Å². The number of Topliss-reactive ketones (excluding diaryl/α,β-unsaturated/α-hetero) is 1. The van der Waals surface area contributed by atoms with Crippen LogP contribution in [0.1, 0.15) is 54.7 Å². The molecular weight excluding hydrogens is 322 g/mol. The molecule has 116 valence electrons. The first-order chi connectivity index (χ1) is 10.3. The van der Waals surface area contributed by atoms with E-state index in [0.717, 1.165) is 21.8 Å². The number of carboxylic acid groups (broad SMARTS) is 1. The highest BCUT2D eigenvalue weighted by molar-refractivity contribution is 7.17. The highest BCUT2D eigenvalue weighted by atomic mass is 32.1. The van der Waals surface area contributed by atoms with Crippen molar-refractivity contribution in [2.24, 2.45) is 0 Å². The summed E-state index contributed by atoms with van der Waals surface area (Å²) < 4.78 is 0. The van der Waals surface area contributed by atoms with Crippen LogP contribution in [0.3, 0.4) is 0 Å². The smallest absolute Gasteiger partial charge is 0.339 e. The van der Waals surface area contributed by atoms with E-state index >= 15 is 0 Å². The molecule has 0 saturated heterocycles. The van der Waals surface area contributed by atoms with Gasteiger partial charge in [0.2, 0.25) is 0 Å². The van der Waals surface area contributed by atoms with Gasteiger partial charge in [0.25, 0.3) is 5.91 Å². The number of nitrogens with one attached hydrogen (secondary N) is 1. The molecule has 5 nitrogen and oxygen atoms in total. The van der Waals surface area contributed by atoms with Crippen LogP contribution in [0.5, 0.6) is 0 Å². The molecule has 22 heavy (non-hydrogen) atoms. The van der Waals surface area contributed by atoms with E-state index in [0.29, 0.717) is 21.9 Å². The highest BCUT2D eigenvalue weighted by Gasteiger charge is 2.22. The molecule has 0 atom stereocenters. The third-order valence-electron chi connectivity index (χ3n) is 3.23. The lowest BCUT2D eigenvalue weighted by atomic mass is 10.1. The number of amides is 1. The summed E-state index contributed by atoms with van der Waals surface area (Å²) in [4.78, 5) is 36.2. The van der Waals surface area contributed by atoms with Gasteiger partial charge in [-0.3, -0.25) is 9.59 Å². The Morgan fingerprint density at radius 2 is 2.00 bits per heavy atom. The Labute approximate surface area is 135 Å². The number of carbonyl (C=O) groups excluding carboxylic acids is 2. The van der Waals surface area contributed by atoms with Gasteiger partial charge in [-0.1, -0.05) is 6.92 Å². The zero-order chi connectivity index (χ0) is 16.4. The quantitative estimate of drug-likeness (QED) is 0.812. The van der Waals surface area contributed by atoms with Crippen molar-refractivity contribution in [2.75, 3.05) is 5.32 Å². The van der Waals surface area contributed by atoms with Crippen LogP contribution < -0.4 is 5.32 Å². The molecular formula is C15H15NO4S2. The van der Waals surface area contributed by atoms with Gasteiger partial charge in [-0.25, -0.2) is 4.79 Å². The molecule has 2 N–H and O–H groups in total. The predicted octanol–water partition coefficient (Wildman–Crippen LogP) is 3.83. The molecule has 2 rings (SSSR count). The fourth-order valence-corrected chi connectivity index (χ4v) is 4.10. The number of hydrogen-bond donors (Lipinski definition) is 2. The van der Waals surface area contributed by atoms with Crippen molar-refractivity contribution in [3.05, 3.63) is 37.9 Å². The molecule has 7 heteroatoms. The van der Waals surface area contributed by atoms with Crippen LogP contribution in [0.15, 0.2) is 11.4 Å². The molecule has 0 saturated carbocycles. The zero-order valence-corrected chi connectivity index (χ0v) is 14.0. The first-order valence-corrected chi connectivity index (χ1v) is 8.31. The lowest BCUT2D eigenvalue weighted by molar-refractivity contribution is 0.0697. The average molecular weight is 337 g/mol. The van der Waals surface area contributed by atoms with Gasteiger partial charge in [0, 0.05) is 15.8 Å². The Kier molecular flexibility index (Phi) is 4.77. The topological polar surface area (TPSA) is 83.5 Å². The number of rotatable bonds is 5. The molecule has 0 spiro atoms. The molecule has 0 aromatic carbocycles. The van der Waals surface area contributed by atoms with E-state index in [1.807, 2.05) is 13.8 Å². The lowest BCUT2D eigenvalue weighted by Gasteiger charge is -2.03. The summed E-state index contributed by atoms with van der Waals surface area (Å²) in [5.41, 5.74) is 1.37. The number of hydrogen-bond acceptors (Lipinski definition) is 5. The maximum atomic E-state index is 12.2. The van der Waals surface area contributed by atoms with E-state index in [4.69, 9.17) is 0 Å². The molecule has 0 bridgehead atoms. The largest absolute Gasteiger partial charge is 0.478 e. The maximum Gasteiger partial charge on any atom is 0.339 e. The van der Waals surface area contributed by atoms with E-state index in [9.17, 15) is 19.5 Å². The van der Waals surface area contributed by atoms with Gasteiger partial charge >= 0.3 is 5.97 Å². The Bertz CT molecular complexity index is 758. The molecule has 0 aliphatic carbocycles. The molecule has 2 aromatic heterocycles. The highest BCUT2D eigenvalue weighted by Crippen LogP contribution is 2.34. The van der Waals surface area contributed by atoms with Gasteiger partial charge in [-0.2, -0.15) is 0 Å². The van der Waals surface area contributed by atoms with Crippen LogP contribution in [0, 0.1) is 6.92 Å². The number of thiophene rings is 2. The molecule has 1 amide bonds. The standard InChI is InChI=1S/C15H15NO4S2/c1-4-10-8(3)22-14(12(10)15(19)20)16-13(18)11-5-9(6-21-11)7(2)17/h5-6H,4H2,1-3H3,(H,16,18)(H,19,20). The first-order valence-electron chi connectivity index (χ1n) is 6.61. The maximum absolute atomic E-state index is 12.2. The van der Waals surface area contributed by atoms with Gasteiger partial charge in [-0.05, 0) is 31.9 Å². The fraction of sp³-hybridized carbons (Fsp3) is 0.267. The molecule has 2 heterocycles. The van der Waals surface area contributed by atoms with Crippen molar-refractivity contribution in [2.45, 2.75) is 27.2 Å². The van der Waals surface area contributed by atoms with Gasteiger partial charge in [0.15, 0.2) is 5.78 Å². The Morgan fingerprint density at radius 1 is 1.32 bits per heavy atom. The molecule has 0 radical (unpaired) electrons. The number of carbonyl (C=O) groups is 3. The molecule has 0 unspecified atom stereocenters. The Morgan fingerprint density at radius 3 is 2.50 bits per heavy atom. The monoisotopic (exact) mass is 337 g/mol. The molecule has 0 fully saturated rings. The summed E-state index contributed by atoms with van der Waals surface area (Å²) in [6, 6.07) is 1.52. The summed E-state index contributed by atoms with van der Waals surface area (Å²) >= 11 is 2.42. The third-order valence-corrected chi connectivity index (χ3v) is 5.23. The number of carboxylic acids is 1. The second kappa shape index (κ2) is 6.41. The van der Waals surface area contributed by atoms with E-state index in [-0.39, 0.29) is 11.3 Å². The minimum absolute atomic E-state index is 0.109. The minimum Gasteiger partial charge on any atom is -0.478 e. The van der Waals surface area contributed by atoms with E-state index < -0.39 is 11.9 Å². The van der Waals surface area contributed by atoms with Crippen LogP contribution in [-0.4, -0.2) is 22.8 Å². The van der Waals surface area contributed by atoms with Crippen LogP contribution in [0.4, 0.5) is 5.00 Å². The molecule has 0 aliphatic heterocycles. The molecule has 2 aromatic rings. The summed E-state index contributed by atoms with van der Waals surface area (Å²) in [7, 11) is 0. The van der Waals surface area contributed by atoms with Crippen LogP contribution >= 0.6 is 22.7 Å². The summed E-state index contributed by atoms with van der Waals surface area (Å²) in [5, 5.41) is 14.0. The van der Waals surface area contributed by atoms with Crippen LogP contribution in [0.2, 0.25) is 0 Å². The Hall–Kier alpha value is -1.99.